The zero-order chi connectivity index (χ0) is 15.4. The largest absolute Gasteiger partial charge is 0.482 e. The Bertz CT molecular complexity index is 625. The van der Waals surface area contributed by atoms with Crippen LogP contribution in [0, 0.1) is 20.8 Å². The number of halogens is 1. The number of ether oxygens (including phenoxy) is 2. The first-order chi connectivity index (χ1) is 9.95. The molecule has 0 aromatic heterocycles. The Balaban J connectivity index is 1.97. The summed E-state index contributed by atoms with van der Waals surface area (Å²) in [6.45, 7) is 5.69. The first-order valence-corrected chi connectivity index (χ1v) is 7.42. The van der Waals surface area contributed by atoms with Crippen LogP contribution in [-0.2, 0) is 4.79 Å². The summed E-state index contributed by atoms with van der Waals surface area (Å²) in [6.07, 6.45) is 0. The van der Waals surface area contributed by atoms with Crippen molar-refractivity contribution in [3.05, 3.63) is 57.6 Å². The number of benzene rings is 2. The van der Waals surface area contributed by atoms with Crippen molar-refractivity contribution < 1.29 is 14.3 Å². The highest BCUT2D eigenvalue weighted by Crippen LogP contribution is 2.27. The minimum absolute atomic E-state index is 0.113. The van der Waals surface area contributed by atoms with Crippen LogP contribution < -0.4 is 9.47 Å². The number of hydrogen-bond acceptors (Lipinski definition) is 3. The average molecular weight is 349 g/mol. The number of esters is 1. The van der Waals surface area contributed by atoms with Gasteiger partial charge in [-0.25, -0.2) is 4.79 Å². The molecule has 0 N–H and O–H groups in total. The van der Waals surface area contributed by atoms with E-state index in [2.05, 4.69) is 15.9 Å². The van der Waals surface area contributed by atoms with Crippen LogP contribution in [0.25, 0.3) is 0 Å². The number of rotatable bonds is 4. The average Bonchev–Trinajstić information content (AvgIpc) is 2.42. The van der Waals surface area contributed by atoms with Crippen LogP contribution in [0.4, 0.5) is 0 Å². The SMILES string of the molecule is Cc1ccc(OCC(=O)Oc2c(C)cc(Br)cc2C)cc1. The maximum absolute atomic E-state index is 11.9. The molecule has 0 spiro atoms. The van der Waals surface area contributed by atoms with E-state index in [1.807, 2.05) is 57.2 Å². The summed E-state index contributed by atoms with van der Waals surface area (Å²) in [5.41, 5.74) is 2.96. The highest BCUT2D eigenvalue weighted by Gasteiger charge is 2.11. The molecule has 0 aliphatic heterocycles. The fourth-order valence-electron chi connectivity index (χ4n) is 1.98. The first kappa shape index (κ1) is 15.6. The summed E-state index contributed by atoms with van der Waals surface area (Å²) in [5.74, 6) is 0.835. The lowest BCUT2D eigenvalue weighted by atomic mass is 10.1. The van der Waals surface area contributed by atoms with Crippen LogP contribution in [0.15, 0.2) is 40.9 Å². The van der Waals surface area contributed by atoms with Gasteiger partial charge in [0.25, 0.3) is 0 Å². The van der Waals surface area contributed by atoms with Crippen molar-refractivity contribution in [3.63, 3.8) is 0 Å². The van der Waals surface area contributed by atoms with Gasteiger partial charge in [0.1, 0.15) is 11.5 Å². The molecule has 0 saturated carbocycles. The Kier molecular flexibility index (Phi) is 5.02. The van der Waals surface area contributed by atoms with Gasteiger partial charge in [0, 0.05) is 4.47 Å². The second-order valence-electron chi connectivity index (χ2n) is 4.94. The van der Waals surface area contributed by atoms with E-state index in [1.165, 1.54) is 0 Å². The smallest absolute Gasteiger partial charge is 0.349 e. The molecule has 0 atom stereocenters. The maximum atomic E-state index is 11.9. The molecule has 2 rings (SSSR count). The summed E-state index contributed by atoms with van der Waals surface area (Å²) >= 11 is 3.42. The van der Waals surface area contributed by atoms with Gasteiger partial charge < -0.3 is 9.47 Å². The molecular weight excluding hydrogens is 332 g/mol. The van der Waals surface area contributed by atoms with Crippen molar-refractivity contribution in [2.24, 2.45) is 0 Å². The quantitative estimate of drug-likeness (QED) is 0.608. The normalized spacial score (nSPS) is 10.3. The van der Waals surface area contributed by atoms with Gasteiger partial charge in [0.05, 0.1) is 0 Å². The van der Waals surface area contributed by atoms with Gasteiger partial charge in [0.15, 0.2) is 6.61 Å². The summed E-state index contributed by atoms with van der Waals surface area (Å²) in [6, 6.07) is 11.4. The zero-order valence-electron chi connectivity index (χ0n) is 12.3. The van der Waals surface area contributed by atoms with Crippen molar-refractivity contribution in [1.29, 1.82) is 0 Å². The van der Waals surface area contributed by atoms with Crippen LogP contribution in [-0.4, -0.2) is 12.6 Å². The monoisotopic (exact) mass is 348 g/mol. The Labute approximate surface area is 133 Å². The van der Waals surface area contributed by atoms with Crippen LogP contribution in [0.2, 0.25) is 0 Å². The van der Waals surface area contributed by atoms with Crippen LogP contribution >= 0.6 is 15.9 Å². The van der Waals surface area contributed by atoms with E-state index in [9.17, 15) is 4.79 Å². The van der Waals surface area contributed by atoms with Crippen molar-refractivity contribution in [2.45, 2.75) is 20.8 Å². The van der Waals surface area contributed by atoms with Gasteiger partial charge in [-0.3, -0.25) is 0 Å². The van der Waals surface area contributed by atoms with Gasteiger partial charge in [-0.05, 0) is 56.2 Å². The lowest BCUT2D eigenvalue weighted by Gasteiger charge is -2.11. The lowest BCUT2D eigenvalue weighted by molar-refractivity contribution is -0.136. The second kappa shape index (κ2) is 6.76. The molecule has 0 aliphatic carbocycles. The molecular formula is C17H17BrO3. The third-order valence-corrected chi connectivity index (χ3v) is 3.48. The molecule has 2 aromatic carbocycles. The fraction of sp³-hybridized carbons (Fsp3) is 0.235. The Morgan fingerprint density at radius 1 is 1.05 bits per heavy atom. The molecule has 0 bridgehead atoms. The van der Waals surface area contributed by atoms with Crippen molar-refractivity contribution in [1.82, 2.24) is 0 Å². The molecule has 110 valence electrons. The van der Waals surface area contributed by atoms with Gasteiger partial charge in [0.2, 0.25) is 0 Å². The molecule has 0 heterocycles. The van der Waals surface area contributed by atoms with Gasteiger partial charge >= 0.3 is 5.97 Å². The van der Waals surface area contributed by atoms with E-state index in [-0.39, 0.29) is 6.61 Å². The van der Waals surface area contributed by atoms with E-state index in [1.54, 1.807) is 0 Å². The predicted molar refractivity (Wildman–Crippen MR) is 85.9 cm³/mol. The van der Waals surface area contributed by atoms with Gasteiger partial charge in [-0.1, -0.05) is 33.6 Å². The summed E-state index contributed by atoms with van der Waals surface area (Å²) in [4.78, 5) is 11.9. The van der Waals surface area contributed by atoms with E-state index < -0.39 is 5.97 Å². The number of carbonyl (C=O) groups is 1. The molecule has 0 radical (unpaired) electrons. The molecule has 0 fully saturated rings. The third-order valence-electron chi connectivity index (χ3n) is 3.02. The van der Waals surface area contributed by atoms with E-state index in [0.29, 0.717) is 11.5 Å². The van der Waals surface area contributed by atoms with E-state index >= 15 is 0 Å². The Morgan fingerprint density at radius 2 is 1.62 bits per heavy atom. The summed E-state index contributed by atoms with van der Waals surface area (Å²) in [5, 5.41) is 0. The lowest BCUT2D eigenvalue weighted by Crippen LogP contribution is -2.18. The van der Waals surface area contributed by atoms with Crippen LogP contribution in [0.3, 0.4) is 0 Å². The molecule has 3 nitrogen and oxygen atoms in total. The molecule has 4 heteroatoms. The number of hydrogen-bond donors (Lipinski definition) is 0. The van der Waals surface area contributed by atoms with Crippen molar-refractivity contribution in [2.75, 3.05) is 6.61 Å². The molecule has 0 amide bonds. The maximum Gasteiger partial charge on any atom is 0.349 e. The summed E-state index contributed by atoms with van der Waals surface area (Å²) in [7, 11) is 0. The van der Waals surface area contributed by atoms with Crippen LogP contribution in [0.5, 0.6) is 11.5 Å². The molecule has 0 unspecified atom stereocenters. The van der Waals surface area contributed by atoms with Crippen molar-refractivity contribution in [3.8, 4) is 11.5 Å². The Morgan fingerprint density at radius 3 is 2.19 bits per heavy atom. The second-order valence-corrected chi connectivity index (χ2v) is 5.86. The number of carbonyl (C=O) groups excluding carboxylic acids is 1. The molecule has 0 aliphatic rings. The minimum Gasteiger partial charge on any atom is -0.482 e. The van der Waals surface area contributed by atoms with Crippen LogP contribution in [0.1, 0.15) is 16.7 Å². The van der Waals surface area contributed by atoms with E-state index in [0.717, 1.165) is 21.2 Å². The number of aryl methyl sites for hydroxylation is 3. The summed E-state index contributed by atoms with van der Waals surface area (Å²) < 4.78 is 11.8. The standard InChI is InChI=1S/C17H17BrO3/c1-11-4-6-15(7-5-11)20-10-16(19)21-17-12(2)8-14(18)9-13(17)3/h4-9H,10H2,1-3H3. The molecule has 0 saturated heterocycles. The molecule has 21 heavy (non-hydrogen) atoms. The minimum atomic E-state index is -0.413. The Hall–Kier alpha value is -1.81. The third kappa shape index (κ3) is 4.33. The van der Waals surface area contributed by atoms with Crippen molar-refractivity contribution >= 4 is 21.9 Å². The first-order valence-electron chi connectivity index (χ1n) is 6.62. The zero-order valence-corrected chi connectivity index (χ0v) is 13.9. The highest BCUT2D eigenvalue weighted by atomic mass is 79.9. The van der Waals surface area contributed by atoms with Gasteiger partial charge in [-0.15, -0.1) is 0 Å². The molecule has 2 aromatic rings. The fourth-order valence-corrected chi connectivity index (χ4v) is 2.67. The highest BCUT2D eigenvalue weighted by molar-refractivity contribution is 9.10. The van der Waals surface area contributed by atoms with E-state index in [4.69, 9.17) is 9.47 Å². The van der Waals surface area contributed by atoms with Gasteiger partial charge in [-0.2, -0.15) is 0 Å². The predicted octanol–water partition coefficient (Wildman–Crippen LogP) is 4.36. The topological polar surface area (TPSA) is 35.5 Å².